The molecule has 0 spiro atoms. The average molecular weight is 343 g/mol. The highest BCUT2D eigenvalue weighted by atomic mass is 35.5. The van der Waals surface area contributed by atoms with Crippen LogP contribution in [0, 0.1) is 5.92 Å². The molecule has 0 bridgehead atoms. The molecule has 0 aromatic heterocycles. The molecular weight excluding hydrogens is 324 g/mol. The summed E-state index contributed by atoms with van der Waals surface area (Å²) in [6.45, 7) is 0.704. The third-order valence-electron chi connectivity index (χ3n) is 3.77. The molecule has 8 heteroatoms. The summed E-state index contributed by atoms with van der Waals surface area (Å²) in [5.74, 6) is -0.569. The lowest BCUT2D eigenvalue weighted by molar-refractivity contribution is -0.143. The van der Waals surface area contributed by atoms with Crippen LogP contribution in [0.2, 0.25) is 5.02 Å². The number of rotatable bonds is 4. The van der Waals surface area contributed by atoms with E-state index in [9.17, 15) is 9.59 Å². The first-order chi connectivity index (χ1) is 11.0. The van der Waals surface area contributed by atoms with Gasteiger partial charge in [-0.05, 0) is 18.9 Å². The molecule has 0 radical (unpaired) electrons. The summed E-state index contributed by atoms with van der Waals surface area (Å²) >= 11 is 6.07. The number of hydrogen-bond acceptors (Lipinski definition) is 4. The number of likely N-dealkylation sites (tertiary alicyclic amines) is 1. The van der Waals surface area contributed by atoms with Crippen LogP contribution in [0.15, 0.2) is 12.1 Å². The van der Waals surface area contributed by atoms with Crippen LogP contribution in [0.4, 0.5) is 10.5 Å². The molecular formula is C15H19ClN2O5. The van der Waals surface area contributed by atoms with E-state index in [1.165, 1.54) is 25.2 Å². The zero-order valence-corrected chi connectivity index (χ0v) is 13.7. The Hall–Kier alpha value is -2.15. The number of carbonyl (C=O) groups excluding carboxylic acids is 1. The number of halogens is 1. The second-order valence-electron chi connectivity index (χ2n) is 5.24. The lowest BCUT2D eigenvalue weighted by atomic mass is 9.99. The van der Waals surface area contributed by atoms with Crippen LogP contribution in [0.25, 0.3) is 0 Å². The van der Waals surface area contributed by atoms with Gasteiger partial charge in [-0.15, -0.1) is 0 Å². The van der Waals surface area contributed by atoms with Crippen LogP contribution in [0.3, 0.4) is 0 Å². The molecule has 23 heavy (non-hydrogen) atoms. The van der Waals surface area contributed by atoms with Gasteiger partial charge in [0.15, 0.2) is 0 Å². The molecule has 1 aliphatic heterocycles. The smallest absolute Gasteiger partial charge is 0.321 e. The second kappa shape index (κ2) is 7.41. The standard InChI is InChI=1S/C15H19ClN2O5/c1-22-12-7-13(23-2)11(6-10(12)16)17-15(21)18-5-3-4-9(8-18)14(19)20/h6-7,9H,3-5,8H2,1-2H3,(H,17,21)(H,19,20). The Bertz CT molecular complexity index is 608. The number of methoxy groups -OCH3 is 2. The quantitative estimate of drug-likeness (QED) is 0.878. The number of piperidine rings is 1. The maximum atomic E-state index is 12.4. The number of nitrogens with zero attached hydrogens (tertiary/aromatic N) is 1. The van der Waals surface area contributed by atoms with Crippen molar-refractivity contribution in [3.8, 4) is 11.5 Å². The van der Waals surface area contributed by atoms with Gasteiger partial charge >= 0.3 is 12.0 Å². The van der Waals surface area contributed by atoms with E-state index in [4.69, 9.17) is 26.2 Å². The fourth-order valence-electron chi connectivity index (χ4n) is 2.52. The number of carboxylic acid groups (broad SMARTS) is 1. The Morgan fingerprint density at radius 2 is 2.00 bits per heavy atom. The Balaban J connectivity index is 2.13. The number of nitrogens with one attached hydrogen (secondary N) is 1. The number of benzene rings is 1. The van der Waals surface area contributed by atoms with E-state index in [0.717, 1.165) is 0 Å². The van der Waals surface area contributed by atoms with E-state index in [1.54, 1.807) is 6.07 Å². The van der Waals surface area contributed by atoms with Gasteiger partial charge in [0, 0.05) is 19.2 Å². The average Bonchev–Trinajstić information content (AvgIpc) is 2.55. The molecule has 0 aliphatic carbocycles. The highest BCUT2D eigenvalue weighted by Gasteiger charge is 2.28. The molecule has 1 saturated heterocycles. The Morgan fingerprint density at radius 3 is 2.61 bits per heavy atom. The van der Waals surface area contributed by atoms with Crippen molar-refractivity contribution in [3.63, 3.8) is 0 Å². The number of carbonyl (C=O) groups is 2. The number of aliphatic carboxylic acids is 1. The van der Waals surface area contributed by atoms with Crippen LogP contribution in [0.5, 0.6) is 11.5 Å². The van der Waals surface area contributed by atoms with Gasteiger partial charge < -0.3 is 24.8 Å². The van der Waals surface area contributed by atoms with Gasteiger partial charge in [-0.3, -0.25) is 4.79 Å². The van der Waals surface area contributed by atoms with Crippen molar-refractivity contribution in [2.24, 2.45) is 5.92 Å². The number of carboxylic acids is 1. The Morgan fingerprint density at radius 1 is 1.30 bits per heavy atom. The zero-order chi connectivity index (χ0) is 17.0. The second-order valence-corrected chi connectivity index (χ2v) is 5.65. The van der Waals surface area contributed by atoms with E-state index < -0.39 is 11.9 Å². The summed E-state index contributed by atoms with van der Waals surface area (Å²) in [6.07, 6.45) is 1.24. The normalized spacial score (nSPS) is 17.5. The van der Waals surface area contributed by atoms with Crippen LogP contribution >= 0.6 is 11.6 Å². The summed E-state index contributed by atoms with van der Waals surface area (Å²) in [6, 6.07) is 2.74. The maximum absolute atomic E-state index is 12.4. The van der Waals surface area contributed by atoms with Crippen LogP contribution in [-0.4, -0.2) is 49.3 Å². The third-order valence-corrected chi connectivity index (χ3v) is 4.07. The van der Waals surface area contributed by atoms with Gasteiger partial charge in [0.2, 0.25) is 0 Å². The molecule has 1 fully saturated rings. The van der Waals surface area contributed by atoms with Gasteiger partial charge in [-0.25, -0.2) is 4.79 Å². The van der Waals surface area contributed by atoms with Crippen molar-refractivity contribution >= 4 is 29.3 Å². The molecule has 1 heterocycles. The largest absolute Gasteiger partial charge is 0.495 e. The molecule has 1 aliphatic rings. The van der Waals surface area contributed by atoms with Crippen molar-refractivity contribution < 1.29 is 24.2 Å². The number of urea groups is 1. The number of amides is 2. The summed E-state index contributed by atoms with van der Waals surface area (Å²) in [7, 11) is 2.96. The summed E-state index contributed by atoms with van der Waals surface area (Å²) in [5.41, 5.74) is 0.403. The van der Waals surface area contributed by atoms with Gasteiger partial charge in [-0.1, -0.05) is 11.6 Å². The molecule has 2 N–H and O–H groups in total. The zero-order valence-electron chi connectivity index (χ0n) is 13.0. The number of ether oxygens (including phenoxy) is 2. The predicted molar refractivity (Wildman–Crippen MR) is 85.5 cm³/mol. The first-order valence-electron chi connectivity index (χ1n) is 7.16. The van der Waals surface area contributed by atoms with Gasteiger partial charge in [0.25, 0.3) is 0 Å². The molecule has 1 aromatic rings. The fourth-order valence-corrected chi connectivity index (χ4v) is 2.76. The summed E-state index contributed by atoms with van der Waals surface area (Å²) in [4.78, 5) is 24.9. The molecule has 7 nitrogen and oxygen atoms in total. The van der Waals surface area contributed by atoms with Crippen molar-refractivity contribution in [2.75, 3.05) is 32.6 Å². The minimum Gasteiger partial charge on any atom is -0.495 e. The van der Waals surface area contributed by atoms with Crippen molar-refractivity contribution in [1.29, 1.82) is 0 Å². The van der Waals surface area contributed by atoms with E-state index in [0.29, 0.717) is 41.6 Å². The molecule has 1 aromatic carbocycles. The SMILES string of the molecule is COc1cc(OC)c(NC(=O)N2CCCC(C(=O)O)C2)cc1Cl. The maximum Gasteiger partial charge on any atom is 0.321 e. The molecule has 2 rings (SSSR count). The Kier molecular flexibility index (Phi) is 5.54. The molecule has 0 saturated carbocycles. The van der Waals surface area contributed by atoms with Crippen LogP contribution in [-0.2, 0) is 4.79 Å². The number of hydrogen-bond donors (Lipinski definition) is 2. The van der Waals surface area contributed by atoms with E-state index >= 15 is 0 Å². The van der Waals surface area contributed by atoms with E-state index in [1.807, 2.05) is 0 Å². The Labute approximate surface area is 139 Å². The lowest BCUT2D eigenvalue weighted by Gasteiger charge is -2.30. The fraction of sp³-hybridized carbons (Fsp3) is 0.467. The first-order valence-corrected chi connectivity index (χ1v) is 7.54. The minimum absolute atomic E-state index is 0.188. The predicted octanol–water partition coefficient (Wildman–Crippen LogP) is 2.69. The van der Waals surface area contributed by atoms with Gasteiger partial charge in [-0.2, -0.15) is 0 Å². The first kappa shape index (κ1) is 17.2. The van der Waals surface area contributed by atoms with Crippen molar-refractivity contribution in [1.82, 2.24) is 4.90 Å². The molecule has 2 amide bonds. The van der Waals surface area contributed by atoms with Crippen LogP contribution in [0.1, 0.15) is 12.8 Å². The van der Waals surface area contributed by atoms with E-state index in [-0.39, 0.29) is 12.6 Å². The topological polar surface area (TPSA) is 88.1 Å². The highest BCUT2D eigenvalue weighted by molar-refractivity contribution is 6.32. The van der Waals surface area contributed by atoms with Crippen molar-refractivity contribution in [2.45, 2.75) is 12.8 Å². The lowest BCUT2D eigenvalue weighted by Crippen LogP contribution is -2.44. The third kappa shape index (κ3) is 3.98. The minimum atomic E-state index is -0.882. The highest BCUT2D eigenvalue weighted by Crippen LogP contribution is 2.36. The molecule has 1 unspecified atom stereocenters. The molecule has 126 valence electrons. The summed E-state index contributed by atoms with van der Waals surface area (Å²) in [5, 5.41) is 12.1. The van der Waals surface area contributed by atoms with Gasteiger partial charge in [0.05, 0.1) is 30.8 Å². The molecule has 1 atom stereocenters. The van der Waals surface area contributed by atoms with Crippen LogP contribution < -0.4 is 14.8 Å². The van der Waals surface area contributed by atoms with Gasteiger partial charge in [0.1, 0.15) is 11.5 Å². The monoisotopic (exact) mass is 342 g/mol. The number of anilines is 1. The summed E-state index contributed by atoms with van der Waals surface area (Å²) < 4.78 is 10.3. The van der Waals surface area contributed by atoms with Crippen molar-refractivity contribution in [3.05, 3.63) is 17.2 Å². The van der Waals surface area contributed by atoms with E-state index in [2.05, 4.69) is 5.32 Å².